The summed E-state index contributed by atoms with van der Waals surface area (Å²) in [5.41, 5.74) is 0.837. The molecule has 1 atom stereocenters. The summed E-state index contributed by atoms with van der Waals surface area (Å²) in [7, 11) is 3.14. The molecule has 0 spiro atoms. The molecule has 0 aliphatic carbocycles. The maximum atomic E-state index is 11.6. The topological polar surface area (TPSA) is 35.5 Å². The highest BCUT2D eigenvalue weighted by Gasteiger charge is 2.18. The summed E-state index contributed by atoms with van der Waals surface area (Å²) in [5, 5.41) is 0. The number of ether oxygens (including phenoxy) is 2. The van der Waals surface area contributed by atoms with E-state index < -0.39 is 6.10 Å². The minimum Gasteiger partial charge on any atom is -0.497 e. The molecule has 0 heterocycles. The molecule has 0 saturated carbocycles. The van der Waals surface area contributed by atoms with Gasteiger partial charge in [-0.2, -0.15) is 0 Å². The summed E-state index contributed by atoms with van der Waals surface area (Å²) < 4.78 is 10.3. The van der Waals surface area contributed by atoms with Crippen molar-refractivity contribution in [3.8, 4) is 5.75 Å². The number of methoxy groups -OCH3 is 2. The van der Waals surface area contributed by atoms with Gasteiger partial charge in [0, 0.05) is 13.5 Å². The summed E-state index contributed by atoms with van der Waals surface area (Å²) in [4.78, 5) is 11.6. The van der Waals surface area contributed by atoms with Crippen LogP contribution in [0.2, 0.25) is 0 Å². The second-order valence-corrected chi connectivity index (χ2v) is 3.21. The first kappa shape index (κ1) is 11.7. The fraction of sp³-hybridized carbons (Fsp3) is 0.417. The summed E-state index contributed by atoms with van der Waals surface area (Å²) in [6.45, 7) is 1.83. The highest BCUT2D eigenvalue weighted by atomic mass is 16.5. The Hall–Kier alpha value is -1.35. The number of carbonyl (C=O) groups is 1. The monoisotopic (exact) mass is 208 g/mol. The molecular weight excluding hydrogens is 192 g/mol. The van der Waals surface area contributed by atoms with Crippen molar-refractivity contribution in [2.75, 3.05) is 14.2 Å². The normalized spacial score (nSPS) is 12.2. The van der Waals surface area contributed by atoms with Gasteiger partial charge in [0.1, 0.15) is 11.9 Å². The highest BCUT2D eigenvalue weighted by molar-refractivity contribution is 5.84. The molecule has 0 aromatic heterocycles. The lowest BCUT2D eigenvalue weighted by atomic mass is 10.0. The molecule has 1 unspecified atom stereocenters. The maximum Gasteiger partial charge on any atom is 0.165 e. The molecule has 3 heteroatoms. The number of Topliss-reactive ketones (excluding diaryl/α,β-unsaturated/α-hetero) is 1. The van der Waals surface area contributed by atoms with Gasteiger partial charge in [-0.15, -0.1) is 0 Å². The van der Waals surface area contributed by atoms with Crippen molar-refractivity contribution in [2.45, 2.75) is 19.4 Å². The summed E-state index contributed by atoms with van der Waals surface area (Å²) >= 11 is 0. The van der Waals surface area contributed by atoms with Gasteiger partial charge in [0.2, 0.25) is 0 Å². The number of benzene rings is 1. The zero-order valence-electron chi connectivity index (χ0n) is 9.32. The Morgan fingerprint density at radius 3 is 2.67 bits per heavy atom. The first-order chi connectivity index (χ1) is 7.22. The second kappa shape index (κ2) is 5.51. The Morgan fingerprint density at radius 2 is 2.13 bits per heavy atom. The van der Waals surface area contributed by atoms with Crippen molar-refractivity contribution in [1.82, 2.24) is 0 Å². The lowest BCUT2D eigenvalue weighted by molar-refractivity contribution is -0.128. The van der Waals surface area contributed by atoms with Gasteiger partial charge in [-0.1, -0.05) is 19.1 Å². The first-order valence-corrected chi connectivity index (χ1v) is 4.92. The third kappa shape index (κ3) is 2.80. The first-order valence-electron chi connectivity index (χ1n) is 4.92. The van der Waals surface area contributed by atoms with E-state index in [0.29, 0.717) is 6.42 Å². The smallest absolute Gasteiger partial charge is 0.165 e. The van der Waals surface area contributed by atoms with Crippen LogP contribution in [0.3, 0.4) is 0 Å². The van der Waals surface area contributed by atoms with Crippen molar-refractivity contribution >= 4 is 5.78 Å². The van der Waals surface area contributed by atoms with Crippen molar-refractivity contribution in [3.05, 3.63) is 29.8 Å². The number of rotatable bonds is 5. The fourth-order valence-corrected chi connectivity index (χ4v) is 1.44. The molecule has 1 aromatic rings. The molecule has 3 nitrogen and oxygen atoms in total. The SMILES string of the molecule is CCC(=O)C(OC)c1cccc(OC)c1. The molecule has 0 fully saturated rings. The van der Waals surface area contributed by atoms with E-state index in [0.717, 1.165) is 11.3 Å². The molecule has 0 amide bonds. The predicted octanol–water partition coefficient (Wildman–Crippen LogP) is 2.36. The van der Waals surface area contributed by atoms with E-state index in [1.165, 1.54) is 7.11 Å². The molecule has 1 rings (SSSR count). The van der Waals surface area contributed by atoms with E-state index in [2.05, 4.69) is 0 Å². The minimum atomic E-state index is -0.481. The van der Waals surface area contributed by atoms with Crippen LogP contribution < -0.4 is 4.74 Å². The number of hydrogen-bond donors (Lipinski definition) is 0. The zero-order valence-corrected chi connectivity index (χ0v) is 9.32. The molecule has 0 N–H and O–H groups in total. The number of ketones is 1. The summed E-state index contributed by atoms with van der Waals surface area (Å²) in [6.07, 6.45) is -0.0134. The van der Waals surface area contributed by atoms with E-state index in [-0.39, 0.29) is 5.78 Å². The summed E-state index contributed by atoms with van der Waals surface area (Å²) in [5.74, 6) is 0.809. The largest absolute Gasteiger partial charge is 0.497 e. The molecule has 0 radical (unpaired) electrons. The van der Waals surface area contributed by atoms with E-state index in [9.17, 15) is 4.79 Å². The van der Waals surface area contributed by atoms with Gasteiger partial charge in [-0.25, -0.2) is 0 Å². The Kier molecular flexibility index (Phi) is 4.31. The Balaban J connectivity index is 2.96. The van der Waals surface area contributed by atoms with Gasteiger partial charge >= 0.3 is 0 Å². The summed E-state index contributed by atoms with van der Waals surface area (Å²) in [6, 6.07) is 7.38. The van der Waals surface area contributed by atoms with Crippen LogP contribution in [0.5, 0.6) is 5.75 Å². The van der Waals surface area contributed by atoms with Gasteiger partial charge in [0.05, 0.1) is 7.11 Å². The molecule has 0 aliphatic rings. The standard InChI is InChI=1S/C12H16O3/c1-4-11(13)12(15-3)9-6-5-7-10(8-9)14-2/h5-8,12H,4H2,1-3H3. The highest BCUT2D eigenvalue weighted by Crippen LogP contribution is 2.23. The second-order valence-electron chi connectivity index (χ2n) is 3.21. The molecule has 15 heavy (non-hydrogen) atoms. The third-order valence-electron chi connectivity index (χ3n) is 2.27. The van der Waals surface area contributed by atoms with Crippen molar-refractivity contribution < 1.29 is 14.3 Å². The average Bonchev–Trinajstić information content (AvgIpc) is 2.30. The quantitative estimate of drug-likeness (QED) is 0.745. The minimum absolute atomic E-state index is 0.0748. The van der Waals surface area contributed by atoms with E-state index >= 15 is 0 Å². The molecule has 0 bridgehead atoms. The van der Waals surface area contributed by atoms with Crippen LogP contribution in [0.15, 0.2) is 24.3 Å². The Bertz CT molecular complexity index is 333. The number of hydrogen-bond acceptors (Lipinski definition) is 3. The zero-order chi connectivity index (χ0) is 11.3. The van der Waals surface area contributed by atoms with Gasteiger partial charge in [0.15, 0.2) is 5.78 Å². The van der Waals surface area contributed by atoms with Gasteiger partial charge < -0.3 is 9.47 Å². The van der Waals surface area contributed by atoms with Gasteiger partial charge in [0.25, 0.3) is 0 Å². The van der Waals surface area contributed by atoms with Crippen LogP contribution in [0.4, 0.5) is 0 Å². The lowest BCUT2D eigenvalue weighted by Crippen LogP contribution is -2.13. The lowest BCUT2D eigenvalue weighted by Gasteiger charge is -2.14. The maximum absolute atomic E-state index is 11.6. The third-order valence-corrected chi connectivity index (χ3v) is 2.27. The molecule has 0 saturated heterocycles. The van der Waals surface area contributed by atoms with Crippen LogP contribution in [0.1, 0.15) is 25.0 Å². The van der Waals surface area contributed by atoms with E-state index in [1.807, 2.05) is 31.2 Å². The predicted molar refractivity (Wildman–Crippen MR) is 58.0 cm³/mol. The van der Waals surface area contributed by atoms with Crippen LogP contribution in [-0.2, 0) is 9.53 Å². The van der Waals surface area contributed by atoms with E-state index in [4.69, 9.17) is 9.47 Å². The number of carbonyl (C=O) groups excluding carboxylic acids is 1. The molecule has 1 aromatic carbocycles. The molecule has 0 aliphatic heterocycles. The van der Waals surface area contributed by atoms with Crippen molar-refractivity contribution in [2.24, 2.45) is 0 Å². The van der Waals surface area contributed by atoms with E-state index in [1.54, 1.807) is 7.11 Å². The van der Waals surface area contributed by atoms with Crippen molar-refractivity contribution in [3.63, 3.8) is 0 Å². The van der Waals surface area contributed by atoms with Crippen LogP contribution >= 0.6 is 0 Å². The van der Waals surface area contributed by atoms with Gasteiger partial charge in [-0.3, -0.25) is 4.79 Å². The van der Waals surface area contributed by atoms with Crippen molar-refractivity contribution in [1.29, 1.82) is 0 Å². The van der Waals surface area contributed by atoms with Gasteiger partial charge in [-0.05, 0) is 17.7 Å². The Labute approximate surface area is 90.0 Å². The van der Waals surface area contributed by atoms with Crippen LogP contribution in [0, 0.1) is 0 Å². The molecule has 82 valence electrons. The Morgan fingerprint density at radius 1 is 1.40 bits per heavy atom. The van der Waals surface area contributed by atoms with Crippen LogP contribution in [-0.4, -0.2) is 20.0 Å². The van der Waals surface area contributed by atoms with Crippen LogP contribution in [0.25, 0.3) is 0 Å². The fourth-order valence-electron chi connectivity index (χ4n) is 1.44. The molecular formula is C12H16O3. The average molecular weight is 208 g/mol.